The molecule has 2 heterocycles. The first-order valence-corrected chi connectivity index (χ1v) is 3.06. The molecule has 0 bridgehead atoms. The molecule has 0 aromatic rings. The summed E-state index contributed by atoms with van der Waals surface area (Å²) in [6.07, 6.45) is 2.74. The summed E-state index contributed by atoms with van der Waals surface area (Å²) in [6.45, 7) is 3.60. The molecule has 0 radical (unpaired) electrons. The third-order valence-electron chi connectivity index (χ3n) is 2.07. The minimum absolute atomic E-state index is 0.963. The van der Waals surface area contributed by atoms with Crippen LogP contribution in [0.5, 0.6) is 0 Å². The highest BCUT2D eigenvalue weighted by atomic mass is 15.2. The predicted molar refractivity (Wildman–Crippen MR) is 28.8 cm³/mol. The van der Waals surface area contributed by atoms with Crippen LogP contribution in [0.4, 0.5) is 0 Å². The average Bonchev–Trinajstić information content (AvgIpc) is 2.07. The minimum atomic E-state index is 0.963. The maximum atomic E-state index is 2.49. The summed E-state index contributed by atoms with van der Waals surface area (Å²) in [5.41, 5.74) is 1.71. The lowest BCUT2D eigenvalue weighted by Gasteiger charge is -1.95. The van der Waals surface area contributed by atoms with Crippen molar-refractivity contribution in [3.63, 3.8) is 0 Å². The molecule has 1 atom stereocenters. The van der Waals surface area contributed by atoms with Crippen molar-refractivity contribution in [3.05, 3.63) is 0 Å². The van der Waals surface area contributed by atoms with Gasteiger partial charge in [0.1, 0.15) is 0 Å². The largest absolute Gasteiger partial charge is 0.237 e. The average molecular weight is 96.2 g/mol. The predicted octanol–water partition coefficient (Wildman–Crippen LogP) is 0.636. The zero-order chi connectivity index (χ0) is 4.85. The summed E-state index contributed by atoms with van der Waals surface area (Å²) >= 11 is 0. The van der Waals surface area contributed by atoms with Gasteiger partial charge in [0.15, 0.2) is 6.54 Å². The molecule has 0 amide bonds. The van der Waals surface area contributed by atoms with E-state index in [-0.39, 0.29) is 0 Å². The molecule has 0 N–H and O–H groups in total. The number of rotatable bonds is 1. The van der Waals surface area contributed by atoms with Crippen molar-refractivity contribution in [1.82, 2.24) is 0 Å². The van der Waals surface area contributed by atoms with E-state index in [9.17, 15) is 0 Å². The Morgan fingerprint density at radius 1 is 1.86 bits per heavy atom. The normalized spacial score (nSPS) is 34.7. The van der Waals surface area contributed by atoms with E-state index in [1.807, 2.05) is 0 Å². The Balaban J connectivity index is 2.12. The molecule has 1 fully saturated rings. The third kappa shape index (κ3) is 0.275. The Labute approximate surface area is 43.7 Å². The van der Waals surface area contributed by atoms with Gasteiger partial charge in [-0.15, -0.1) is 0 Å². The molecule has 0 aliphatic carbocycles. The van der Waals surface area contributed by atoms with Gasteiger partial charge in [0, 0.05) is 6.42 Å². The Morgan fingerprint density at radius 3 is 2.71 bits per heavy atom. The fourth-order valence-electron chi connectivity index (χ4n) is 1.47. The summed E-state index contributed by atoms with van der Waals surface area (Å²) in [6, 6.07) is 0.963. The lowest BCUT2D eigenvalue weighted by atomic mass is 10.1. The van der Waals surface area contributed by atoms with Crippen LogP contribution in [-0.4, -0.2) is 22.9 Å². The van der Waals surface area contributed by atoms with Crippen molar-refractivity contribution in [2.75, 3.05) is 6.54 Å². The van der Waals surface area contributed by atoms with Gasteiger partial charge in [0.2, 0.25) is 11.8 Å². The van der Waals surface area contributed by atoms with E-state index in [4.69, 9.17) is 0 Å². The fourth-order valence-corrected chi connectivity index (χ4v) is 1.47. The molecule has 7 heavy (non-hydrogen) atoms. The monoisotopic (exact) mass is 96.1 g/mol. The van der Waals surface area contributed by atoms with Gasteiger partial charge >= 0.3 is 0 Å². The van der Waals surface area contributed by atoms with Crippen molar-refractivity contribution in [1.29, 1.82) is 0 Å². The summed E-state index contributed by atoms with van der Waals surface area (Å²) in [7, 11) is 0. The zero-order valence-corrected chi connectivity index (χ0v) is 4.65. The van der Waals surface area contributed by atoms with Gasteiger partial charge in [-0.1, -0.05) is 6.92 Å². The molecule has 1 saturated heterocycles. The SMILES string of the molecule is CCC1=[N+]2CCC12. The highest BCUT2D eigenvalue weighted by Crippen LogP contribution is 2.27. The maximum absolute atomic E-state index is 2.49. The van der Waals surface area contributed by atoms with Crippen LogP contribution in [0.25, 0.3) is 0 Å². The van der Waals surface area contributed by atoms with Crippen LogP contribution >= 0.6 is 0 Å². The van der Waals surface area contributed by atoms with E-state index in [1.165, 1.54) is 19.4 Å². The van der Waals surface area contributed by atoms with Gasteiger partial charge < -0.3 is 0 Å². The quantitative estimate of drug-likeness (QED) is 0.421. The summed E-state index contributed by atoms with van der Waals surface area (Å²) < 4.78 is 2.49. The molecule has 38 valence electrons. The van der Waals surface area contributed by atoms with Gasteiger partial charge in [-0.25, -0.2) is 4.58 Å². The first-order chi connectivity index (χ1) is 3.43. The van der Waals surface area contributed by atoms with E-state index in [0.29, 0.717) is 0 Å². The summed E-state index contributed by atoms with van der Waals surface area (Å²) in [5, 5.41) is 0. The van der Waals surface area contributed by atoms with E-state index >= 15 is 0 Å². The fraction of sp³-hybridized carbons (Fsp3) is 0.833. The molecule has 0 aromatic carbocycles. The Kier molecular flexibility index (Phi) is 0.473. The van der Waals surface area contributed by atoms with Crippen molar-refractivity contribution in [3.8, 4) is 0 Å². The summed E-state index contributed by atoms with van der Waals surface area (Å²) in [5.74, 6) is 0. The van der Waals surface area contributed by atoms with E-state index in [0.717, 1.165) is 6.04 Å². The van der Waals surface area contributed by atoms with Gasteiger partial charge in [0.25, 0.3) is 0 Å². The molecule has 2 rings (SSSR count). The van der Waals surface area contributed by atoms with Crippen LogP contribution in [-0.2, 0) is 0 Å². The van der Waals surface area contributed by atoms with Crippen LogP contribution in [0.1, 0.15) is 19.8 Å². The molecule has 1 heteroatoms. The molecular weight excluding hydrogens is 86.1 g/mol. The van der Waals surface area contributed by atoms with Crippen molar-refractivity contribution >= 4 is 5.71 Å². The van der Waals surface area contributed by atoms with Crippen molar-refractivity contribution in [2.45, 2.75) is 25.8 Å². The lowest BCUT2D eigenvalue weighted by molar-refractivity contribution is -0.527. The number of hydrogen-bond donors (Lipinski definition) is 0. The Bertz CT molecular complexity index is 135. The highest BCUT2D eigenvalue weighted by Gasteiger charge is 2.54. The third-order valence-corrected chi connectivity index (χ3v) is 2.07. The van der Waals surface area contributed by atoms with E-state index in [1.54, 1.807) is 5.71 Å². The molecule has 0 spiro atoms. The smallest absolute Gasteiger partial charge is 0.218 e. The molecule has 1 nitrogen and oxygen atoms in total. The standard InChI is InChI=1S/C6H10N/c1-2-5-6-3-4-7(5)6/h6H,2-4H2,1H3/q+1. The van der Waals surface area contributed by atoms with Crippen molar-refractivity contribution < 1.29 is 4.58 Å². The van der Waals surface area contributed by atoms with E-state index in [2.05, 4.69) is 11.5 Å². The Hall–Kier alpha value is -0.330. The topological polar surface area (TPSA) is 3.01 Å². The van der Waals surface area contributed by atoms with Crippen LogP contribution in [0.15, 0.2) is 0 Å². The second-order valence-corrected chi connectivity index (χ2v) is 2.34. The molecule has 1 unspecified atom stereocenters. The first kappa shape index (κ1) is 3.65. The lowest BCUT2D eigenvalue weighted by Crippen LogP contribution is -2.18. The summed E-state index contributed by atoms with van der Waals surface area (Å²) in [4.78, 5) is 0. The van der Waals surface area contributed by atoms with Gasteiger partial charge in [-0.05, 0) is 0 Å². The second-order valence-electron chi connectivity index (χ2n) is 2.34. The van der Waals surface area contributed by atoms with E-state index < -0.39 is 0 Å². The van der Waals surface area contributed by atoms with Crippen LogP contribution < -0.4 is 0 Å². The van der Waals surface area contributed by atoms with Gasteiger partial charge in [0.05, 0.1) is 6.42 Å². The first-order valence-electron chi connectivity index (χ1n) is 3.06. The molecule has 2 aliphatic heterocycles. The molecule has 0 aromatic heterocycles. The highest BCUT2D eigenvalue weighted by molar-refractivity contribution is 5.92. The van der Waals surface area contributed by atoms with Gasteiger partial charge in [-0.2, -0.15) is 0 Å². The second kappa shape index (κ2) is 0.908. The molecular formula is C6H10N+. The number of fused-ring (bicyclic) bond motifs is 1. The Morgan fingerprint density at radius 2 is 2.57 bits per heavy atom. The minimum Gasteiger partial charge on any atom is -0.218 e. The van der Waals surface area contributed by atoms with Crippen molar-refractivity contribution in [2.24, 2.45) is 0 Å². The van der Waals surface area contributed by atoms with Crippen LogP contribution in [0.3, 0.4) is 0 Å². The number of hydrogen-bond acceptors (Lipinski definition) is 0. The molecule has 2 aliphatic rings. The van der Waals surface area contributed by atoms with Crippen LogP contribution in [0, 0.1) is 0 Å². The van der Waals surface area contributed by atoms with Gasteiger partial charge in [-0.3, -0.25) is 0 Å². The number of nitrogens with zero attached hydrogens (tertiary/aromatic N) is 1. The van der Waals surface area contributed by atoms with Crippen LogP contribution in [0.2, 0.25) is 0 Å². The zero-order valence-electron chi connectivity index (χ0n) is 4.65. The maximum Gasteiger partial charge on any atom is 0.237 e. The molecule has 0 saturated carbocycles.